The number of piperidine rings is 1. The van der Waals surface area contributed by atoms with Crippen LogP contribution in [-0.4, -0.2) is 40.3 Å². The van der Waals surface area contributed by atoms with Crippen LogP contribution in [0.4, 0.5) is 19.0 Å². The van der Waals surface area contributed by atoms with Gasteiger partial charge in [-0.25, -0.2) is 4.98 Å². The second kappa shape index (κ2) is 5.76. The highest BCUT2D eigenvalue weighted by atomic mass is 19.4. The molecule has 1 unspecified atom stereocenters. The monoisotopic (exact) mass is 304 g/mol. The molecule has 2 rings (SSSR count). The molecule has 1 aliphatic heterocycles. The number of rotatable bonds is 2. The van der Waals surface area contributed by atoms with Crippen molar-refractivity contribution in [1.82, 2.24) is 4.98 Å². The Kier molecular flexibility index (Phi) is 4.21. The van der Waals surface area contributed by atoms with E-state index in [2.05, 4.69) is 10.1 Å². The summed E-state index contributed by atoms with van der Waals surface area (Å²) in [7, 11) is 0. The Morgan fingerprint density at radius 3 is 2.71 bits per heavy atom. The summed E-state index contributed by atoms with van der Waals surface area (Å²) in [6, 6.07) is 1.89. The first kappa shape index (κ1) is 15.4. The lowest BCUT2D eigenvalue weighted by Crippen LogP contribution is -2.40. The van der Waals surface area contributed by atoms with Gasteiger partial charge in [-0.2, -0.15) is 13.2 Å². The van der Waals surface area contributed by atoms with Gasteiger partial charge in [-0.05, 0) is 25.0 Å². The standard InChI is InChI=1S/C12H15F3N4O2/c13-12(14,15)9-4-3-8(10(16)18-21)11(17-9)19-5-1-2-7(20)6-19/h3-4,7,20-21H,1-2,5-6H2,(H2,16,18). The lowest BCUT2D eigenvalue weighted by Gasteiger charge is -2.32. The zero-order valence-corrected chi connectivity index (χ0v) is 11.0. The minimum absolute atomic E-state index is 0.0427. The van der Waals surface area contributed by atoms with E-state index < -0.39 is 18.0 Å². The van der Waals surface area contributed by atoms with E-state index in [0.29, 0.717) is 19.4 Å². The predicted octanol–water partition coefficient (Wildman–Crippen LogP) is 1.16. The molecule has 116 valence electrons. The molecule has 0 spiro atoms. The lowest BCUT2D eigenvalue weighted by atomic mass is 10.1. The van der Waals surface area contributed by atoms with Gasteiger partial charge in [0.2, 0.25) is 0 Å². The molecule has 1 aromatic heterocycles. The van der Waals surface area contributed by atoms with Gasteiger partial charge in [0, 0.05) is 13.1 Å². The number of β-amino-alcohol motifs (C(OH)–C–C–N with tert-alkyl or cyclic N) is 1. The fourth-order valence-electron chi connectivity index (χ4n) is 2.25. The molecule has 1 fully saturated rings. The molecule has 6 nitrogen and oxygen atoms in total. The van der Waals surface area contributed by atoms with Crippen LogP contribution in [0.25, 0.3) is 0 Å². The van der Waals surface area contributed by atoms with Crippen molar-refractivity contribution in [3.8, 4) is 0 Å². The Morgan fingerprint density at radius 1 is 1.43 bits per heavy atom. The maximum Gasteiger partial charge on any atom is 0.433 e. The van der Waals surface area contributed by atoms with Crippen LogP contribution in [0.1, 0.15) is 24.1 Å². The third kappa shape index (κ3) is 3.35. The van der Waals surface area contributed by atoms with Crippen LogP contribution >= 0.6 is 0 Å². The summed E-state index contributed by atoms with van der Waals surface area (Å²) < 4.78 is 38.4. The Balaban J connectivity index is 2.48. The molecule has 0 saturated carbocycles. The van der Waals surface area contributed by atoms with Gasteiger partial charge in [0.25, 0.3) is 0 Å². The third-order valence-corrected chi connectivity index (χ3v) is 3.25. The number of halogens is 3. The van der Waals surface area contributed by atoms with Crippen molar-refractivity contribution >= 4 is 11.7 Å². The molecule has 0 amide bonds. The molecule has 1 atom stereocenters. The van der Waals surface area contributed by atoms with Crippen molar-refractivity contribution in [3.63, 3.8) is 0 Å². The minimum atomic E-state index is -4.59. The van der Waals surface area contributed by atoms with Crippen molar-refractivity contribution in [2.75, 3.05) is 18.0 Å². The van der Waals surface area contributed by atoms with Gasteiger partial charge in [-0.15, -0.1) is 0 Å². The molecular weight excluding hydrogens is 289 g/mol. The maximum atomic E-state index is 12.8. The second-order valence-corrected chi connectivity index (χ2v) is 4.79. The SMILES string of the molecule is NC(=NO)c1ccc(C(F)(F)F)nc1N1CCCC(O)C1. The number of nitrogens with two attached hydrogens (primary N) is 1. The highest BCUT2D eigenvalue weighted by Crippen LogP contribution is 2.31. The number of amidine groups is 1. The number of aliphatic hydroxyl groups excluding tert-OH is 1. The molecule has 9 heteroatoms. The first-order chi connectivity index (χ1) is 9.82. The average Bonchev–Trinajstić information content (AvgIpc) is 2.45. The van der Waals surface area contributed by atoms with Crippen molar-refractivity contribution in [1.29, 1.82) is 0 Å². The van der Waals surface area contributed by atoms with Gasteiger partial charge < -0.3 is 20.9 Å². The number of hydrogen-bond acceptors (Lipinski definition) is 5. The average molecular weight is 304 g/mol. The summed E-state index contributed by atoms with van der Waals surface area (Å²) in [4.78, 5) is 5.10. The van der Waals surface area contributed by atoms with E-state index in [0.717, 1.165) is 12.1 Å². The van der Waals surface area contributed by atoms with Crippen molar-refractivity contribution in [2.24, 2.45) is 10.9 Å². The Labute approximate surface area is 118 Å². The van der Waals surface area contributed by atoms with Gasteiger partial charge in [0.05, 0.1) is 11.7 Å². The number of nitrogens with zero attached hydrogens (tertiary/aromatic N) is 3. The first-order valence-electron chi connectivity index (χ1n) is 6.32. The summed E-state index contributed by atoms with van der Waals surface area (Å²) in [5.41, 5.74) is 4.52. The van der Waals surface area contributed by atoms with Crippen LogP contribution < -0.4 is 10.6 Å². The number of alkyl halides is 3. The number of aliphatic hydroxyl groups is 1. The van der Waals surface area contributed by atoms with Crippen LogP contribution in [0.2, 0.25) is 0 Å². The molecule has 1 saturated heterocycles. The van der Waals surface area contributed by atoms with Crippen LogP contribution in [-0.2, 0) is 6.18 Å². The number of hydrogen-bond donors (Lipinski definition) is 3. The first-order valence-corrected chi connectivity index (χ1v) is 6.32. The third-order valence-electron chi connectivity index (χ3n) is 3.25. The molecule has 0 aliphatic carbocycles. The van der Waals surface area contributed by atoms with Crippen LogP contribution in [0.5, 0.6) is 0 Å². The van der Waals surface area contributed by atoms with E-state index in [1.807, 2.05) is 0 Å². The second-order valence-electron chi connectivity index (χ2n) is 4.79. The largest absolute Gasteiger partial charge is 0.433 e. The topological polar surface area (TPSA) is 95.0 Å². The van der Waals surface area contributed by atoms with E-state index in [-0.39, 0.29) is 23.8 Å². The summed E-state index contributed by atoms with van der Waals surface area (Å²) in [6.07, 6.45) is -4.04. The normalized spacial score (nSPS) is 20.7. The van der Waals surface area contributed by atoms with Gasteiger partial charge in [0.15, 0.2) is 5.84 Å². The molecule has 0 radical (unpaired) electrons. The fourth-order valence-corrected chi connectivity index (χ4v) is 2.25. The van der Waals surface area contributed by atoms with Crippen LogP contribution in [0.15, 0.2) is 17.3 Å². The molecule has 0 aromatic carbocycles. The molecule has 21 heavy (non-hydrogen) atoms. The fraction of sp³-hybridized carbons (Fsp3) is 0.500. The minimum Gasteiger partial charge on any atom is -0.409 e. The predicted molar refractivity (Wildman–Crippen MR) is 69.2 cm³/mol. The Morgan fingerprint density at radius 2 is 2.14 bits per heavy atom. The van der Waals surface area contributed by atoms with Crippen LogP contribution in [0.3, 0.4) is 0 Å². The van der Waals surface area contributed by atoms with E-state index in [4.69, 9.17) is 10.9 Å². The van der Waals surface area contributed by atoms with Crippen molar-refractivity contribution in [3.05, 3.63) is 23.4 Å². The Hall–Kier alpha value is -2.03. The van der Waals surface area contributed by atoms with Gasteiger partial charge in [-0.3, -0.25) is 0 Å². The summed E-state index contributed by atoms with van der Waals surface area (Å²) in [5.74, 6) is -0.370. The smallest absolute Gasteiger partial charge is 0.409 e. The summed E-state index contributed by atoms with van der Waals surface area (Å²) in [6.45, 7) is 0.594. The maximum absolute atomic E-state index is 12.8. The highest BCUT2D eigenvalue weighted by Gasteiger charge is 2.34. The number of aromatic nitrogens is 1. The van der Waals surface area contributed by atoms with Crippen molar-refractivity contribution < 1.29 is 23.5 Å². The van der Waals surface area contributed by atoms with Gasteiger partial charge in [-0.1, -0.05) is 5.16 Å². The molecule has 1 aliphatic rings. The van der Waals surface area contributed by atoms with Crippen LogP contribution in [0, 0.1) is 0 Å². The highest BCUT2D eigenvalue weighted by molar-refractivity contribution is 6.01. The van der Waals surface area contributed by atoms with Gasteiger partial charge >= 0.3 is 6.18 Å². The lowest BCUT2D eigenvalue weighted by molar-refractivity contribution is -0.141. The molecular formula is C12H15F3N4O2. The van der Waals surface area contributed by atoms with E-state index in [9.17, 15) is 18.3 Å². The van der Waals surface area contributed by atoms with E-state index in [1.165, 1.54) is 4.90 Å². The zero-order valence-electron chi connectivity index (χ0n) is 11.0. The summed E-state index contributed by atoms with van der Waals surface area (Å²) in [5, 5.41) is 21.2. The number of anilines is 1. The Bertz CT molecular complexity index is 548. The molecule has 2 heterocycles. The zero-order chi connectivity index (χ0) is 15.6. The molecule has 1 aromatic rings. The quantitative estimate of drug-likeness (QED) is 0.330. The van der Waals surface area contributed by atoms with E-state index >= 15 is 0 Å². The molecule has 4 N–H and O–H groups in total. The van der Waals surface area contributed by atoms with Crippen molar-refractivity contribution in [2.45, 2.75) is 25.1 Å². The number of oxime groups is 1. The summed E-state index contributed by atoms with van der Waals surface area (Å²) >= 11 is 0. The van der Waals surface area contributed by atoms with E-state index in [1.54, 1.807) is 0 Å². The van der Waals surface area contributed by atoms with Gasteiger partial charge in [0.1, 0.15) is 11.5 Å². The number of pyridine rings is 1. The molecule has 0 bridgehead atoms.